The Kier molecular flexibility index (Phi) is 8.71. The number of aliphatic imine (C=N–C) groups is 1. The maximum atomic E-state index is 5.39. The molecule has 0 amide bonds. The molecule has 3 aromatic rings. The number of anilines is 1. The number of benzene rings is 2. The lowest BCUT2D eigenvalue weighted by atomic mass is 10.1. The zero-order chi connectivity index (χ0) is 20.6. The molecule has 1 aromatic heterocycles. The number of rotatable bonds is 7. The number of ether oxygens (including phenoxy) is 3. The number of hydrogen-bond donors (Lipinski definition) is 3. The molecular formula is C20H25IN6O3. The number of halogens is 1. The van der Waals surface area contributed by atoms with Crippen LogP contribution >= 0.6 is 24.0 Å². The van der Waals surface area contributed by atoms with Crippen molar-refractivity contribution in [2.75, 3.05) is 33.7 Å². The van der Waals surface area contributed by atoms with Crippen molar-refractivity contribution in [3.05, 3.63) is 48.3 Å². The number of guanidine groups is 1. The van der Waals surface area contributed by atoms with E-state index in [0.717, 1.165) is 22.6 Å². The lowest BCUT2D eigenvalue weighted by molar-refractivity contribution is 0.324. The molecule has 1 heterocycles. The van der Waals surface area contributed by atoms with E-state index in [-0.39, 0.29) is 24.0 Å². The van der Waals surface area contributed by atoms with Gasteiger partial charge < -0.3 is 24.8 Å². The van der Waals surface area contributed by atoms with Crippen LogP contribution in [0.1, 0.15) is 5.56 Å². The molecule has 0 aliphatic carbocycles. The molecule has 0 atom stereocenters. The third kappa shape index (κ3) is 5.53. The van der Waals surface area contributed by atoms with Gasteiger partial charge in [-0.15, -0.1) is 24.0 Å². The van der Waals surface area contributed by atoms with Crippen molar-refractivity contribution < 1.29 is 14.2 Å². The van der Waals surface area contributed by atoms with Crippen molar-refractivity contribution in [3.63, 3.8) is 0 Å². The van der Waals surface area contributed by atoms with Crippen LogP contribution in [0.4, 0.5) is 5.69 Å². The molecule has 160 valence electrons. The SMILES string of the molecule is CN=C(NCc1cccc(-c2ncn[nH]2)c1)Nc1cc(OC)c(OC)c(OC)c1.I. The lowest BCUT2D eigenvalue weighted by Crippen LogP contribution is -2.30. The number of nitrogens with one attached hydrogen (secondary N) is 3. The van der Waals surface area contributed by atoms with Crippen molar-refractivity contribution in [1.82, 2.24) is 20.5 Å². The summed E-state index contributed by atoms with van der Waals surface area (Å²) in [5, 5.41) is 13.3. The summed E-state index contributed by atoms with van der Waals surface area (Å²) >= 11 is 0. The number of aromatic nitrogens is 3. The highest BCUT2D eigenvalue weighted by Crippen LogP contribution is 2.39. The van der Waals surface area contributed by atoms with Crippen LogP contribution in [0.2, 0.25) is 0 Å². The molecule has 0 saturated heterocycles. The number of H-pyrrole nitrogens is 1. The van der Waals surface area contributed by atoms with Crippen LogP contribution in [0.5, 0.6) is 17.2 Å². The third-order valence-corrected chi connectivity index (χ3v) is 4.23. The topological polar surface area (TPSA) is 106 Å². The first-order valence-corrected chi connectivity index (χ1v) is 8.90. The third-order valence-electron chi connectivity index (χ3n) is 4.23. The van der Waals surface area contributed by atoms with Crippen molar-refractivity contribution >= 4 is 35.6 Å². The number of nitrogens with zero attached hydrogens (tertiary/aromatic N) is 3. The summed E-state index contributed by atoms with van der Waals surface area (Å²) in [4.78, 5) is 8.46. The Hall–Kier alpha value is -3.02. The van der Waals surface area contributed by atoms with Crippen LogP contribution in [0.15, 0.2) is 47.7 Å². The summed E-state index contributed by atoms with van der Waals surface area (Å²) in [5.74, 6) is 2.98. The van der Waals surface area contributed by atoms with E-state index in [1.54, 1.807) is 28.4 Å². The highest BCUT2D eigenvalue weighted by atomic mass is 127. The molecule has 2 aromatic carbocycles. The maximum absolute atomic E-state index is 5.39. The van der Waals surface area contributed by atoms with Gasteiger partial charge in [0, 0.05) is 37.0 Å². The molecule has 0 saturated carbocycles. The minimum Gasteiger partial charge on any atom is -0.493 e. The van der Waals surface area contributed by atoms with E-state index in [1.165, 1.54) is 6.33 Å². The maximum Gasteiger partial charge on any atom is 0.203 e. The van der Waals surface area contributed by atoms with Gasteiger partial charge in [-0.2, -0.15) is 5.10 Å². The van der Waals surface area contributed by atoms with Gasteiger partial charge >= 0.3 is 0 Å². The molecule has 0 unspecified atom stereocenters. The van der Waals surface area contributed by atoms with Gasteiger partial charge in [-0.25, -0.2) is 4.98 Å². The normalized spacial score (nSPS) is 10.7. The average molecular weight is 524 g/mol. The molecule has 0 radical (unpaired) electrons. The smallest absolute Gasteiger partial charge is 0.203 e. The predicted octanol–water partition coefficient (Wildman–Crippen LogP) is 3.30. The average Bonchev–Trinajstić information content (AvgIpc) is 3.31. The van der Waals surface area contributed by atoms with Gasteiger partial charge in [0.25, 0.3) is 0 Å². The molecule has 0 aliphatic heterocycles. The van der Waals surface area contributed by atoms with E-state index in [1.807, 2.05) is 36.4 Å². The van der Waals surface area contributed by atoms with E-state index in [2.05, 4.69) is 30.8 Å². The standard InChI is InChI=1S/C20H24N6O3.HI/c1-21-20(25-15-9-16(27-2)18(29-4)17(10-15)28-3)22-11-13-6-5-7-14(8-13)19-23-12-24-26-19;/h5-10,12H,11H2,1-4H3,(H2,21,22,25)(H,23,24,26);1H. The molecule has 30 heavy (non-hydrogen) atoms. The Labute approximate surface area is 192 Å². The zero-order valence-corrected chi connectivity index (χ0v) is 19.6. The van der Waals surface area contributed by atoms with Crippen molar-refractivity contribution in [2.45, 2.75) is 6.54 Å². The summed E-state index contributed by atoms with van der Waals surface area (Å²) in [5.41, 5.74) is 2.80. The number of methoxy groups -OCH3 is 3. The second kappa shape index (κ2) is 11.2. The van der Waals surface area contributed by atoms with E-state index in [4.69, 9.17) is 14.2 Å². The van der Waals surface area contributed by atoms with E-state index >= 15 is 0 Å². The fourth-order valence-electron chi connectivity index (χ4n) is 2.83. The van der Waals surface area contributed by atoms with Gasteiger partial charge in [0.15, 0.2) is 23.3 Å². The Morgan fingerprint density at radius 1 is 1.07 bits per heavy atom. The van der Waals surface area contributed by atoms with Crippen LogP contribution in [-0.4, -0.2) is 49.5 Å². The second-order valence-corrected chi connectivity index (χ2v) is 6.00. The first-order chi connectivity index (χ1) is 14.2. The van der Waals surface area contributed by atoms with Crippen molar-refractivity contribution in [2.24, 2.45) is 4.99 Å². The molecule has 9 nitrogen and oxygen atoms in total. The quantitative estimate of drug-likeness (QED) is 0.248. The molecule has 0 fully saturated rings. The minimum absolute atomic E-state index is 0. The molecule has 10 heteroatoms. The Bertz CT molecular complexity index is 953. The molecule has 3 rings (SSSR count). The monoisotopic (exact) mass is 524 g/mol. The molecule has 0 spiro atoms. The number of aromatic amines is 1. The first kappa shape index (κ1) is 23.3. The Morgan fingerprint density at radius 3 is 2.37 bits per heavy atom. The van der Waals surface area contributed by atoms with Gasteiger partial charge in [0.2, 0.25) is 5.75 Å². The Balaban J connectivity index is 0.00000320. The summed E-state index contributed by atoms with van der Waals surface area (Å²) in [7, 11) is 6.43. The molecule has 0 bridgehead atoms. The second-order valence-electron chi connectivity index (χ2n) is 6.00. The zero-order valence-electron chi connectivity index (χ0n) is 17.2. The summed E-state index contributed by atoms with van der Waals surface area (Å²) in [6.07, 6.45) is 1.49. The van der Waals surface area contributed by atoms with Gasteiger partial charge in [0.05, 0.1) is 21.3 Å². The Morgan fingerprint density at radius 2 is 1.80 bits per heavy atom. The van der Waals surface area contributed by atoms with Gasteiger partial charge in [-0.3, -0.25) is 10.1 Å². The molecule has 0 aliphatic rings. The summed E-state index contributed by atoms with van der Waals surface area (Å²) in [6.45, 7) is 0.575. The van der Waals surface area contributed by atoms with Crippen LogP contribution in [0.25, 0.3) is 11.4 Å². The first-order valence-electron chi connectivity index (χ1n) is 8.90. The van der Waals surface area contributed by atoms with Gasteiger partial charge in [-0.05, 0) is 11.6 Å². The van der Waals surface area contributed by atoms with Gasteiger partial charge in [-0.1, -0.05) is 18.2 Å². The summed E-state index contributed by atoms with van der Waals surface area (Å²) < 4.78 is 16.1. The molecule has 3 N–H and O–H groups in total. The minimum atomic E-state index is 0. The van der Waals surface area contributed by atoms with E-state index < -0.39 is 0 Å². The fraction of sp³-hybridized carbons (Fsp3) is 0.250. The van der Waals surface area contributed by atoms with E-state index in [0.29, 0.717) is 29.8 Å². The molecular weight excluding hydrogens is 499 g/mol. The largest absolute Gasteiger partial charge is 0.493 e. The lowest BCUT2D eigenvalue weighted by Gasteiger charge is -2.16. The number of hydrogen-bond acceptors (Lipinski definition) is 6. The van der Waals surface area contributed by atoms with Crippen molar-refractivity contribution in [3.8, 4) is 28.6 Å². The van der Waals surface area contributed by atoms with Gasteiger partial charge in [0.1, 0.15) is 6.33 Å². The predicted molar refractivity (Wildman–Crippen MR) is 127 cm³/mol. The van der Waals surface area contributed by atoms with Crippen LogP contribution < -0.4 is 24.8 Å². The van der Waals surface area contributed by atoms with Crippen LogP contribution in [0.3, 0.4) is 0 Å². The summed E-state index contributed by atoms with van der Waals surface area (Å²) in [6, 6.07) is 11.7. The fourth-order valence-corrected chi connectivity index (χ4v) is 2.83. The van der Waals surface area contributed by atoms with Crippen molar-refractivity contribution in [1.29, 1.82) is 0 Å². The van der Waals surface area contributed by atoms with Crippen LogP contribution in [0, 0.1) is 0 Å². The van der Waals surface area contributed by atoms with E-state index in [9.17, 15) is 0 Å². The highest BCUT2D eigenvalue weighted by Gasteiger charge is 2.14. The van der Waals surface area contributed by atoms with Crippen LogP contribution in [-0.2, 0) is 6.54 Å². The highest BCUT2D eigenvalue weighted by molar-refractivity contribution is 14.0.